The van der Waals surface area contributed by atoms with Crippen LogP contribution in [0, 0.1) is 17.8 Å². The summed E-state index contributed by atoms with van der Waals surface area (Å²) in [7, 11) is 0. The van der Waals surface area contributed by atoms with Gasteiger partial charge in [-0.15, -0.1) is 6.58 Å². The molecule has 0 N–H and O–H groups in total. The lowest BCUT2D eigenvalue weighted by molar-refractivity contribution is 0.424. The summed E-state index contributed by atoms with van der Waals surface area (Å²) < 4.78 is 0. The van der Waals surface area contributed by atoms with E-state index in [0.29, 0.717) is 0 Å². The summed E-state index contributed by atoms with van der Waals surface area (Å²) in [5.74, 6) is 2.61. The maximum absolute atomic E-state index is 3.81. The van der Waals surface area contributed by atoms with Crippen LogP contribution in [-0.2, 0) is 0 Å². The maximum atomic E-state index is 3.81. The van der Waals surface area contributed by atoms with Gasteiger partial charge in [-0.25, -0.2) is 0 Å². The molecule has 0 aromatic heterocycles. The van der Waals surface area contributed by atoms with Crippen molar-refractivity contribution in [2.24, 2.45) is 17.8 Å². The van der Waals surface area contributed by atoms with E-state index >= 15 is 0 Å². The third kappa shape index (κ3) is 3.81. The monoisotopic (exact) mass is 220 g/mol. The summed E-state index contributed by atoms with van der Waals surface area (Å²) in [5, 5.41) is 0. The first kappa shape index (κ1) is 13.5. The zero-order valence-corrected chi connectivity index (χ0v) is 11.3. The van der Waals surface area contributed by atoms with Gasteiger partial charge in [-0.3, -0.25) is 0 Å². The summed E-state index contributed by atoms with van der Waals surface area (Å²) in [4.78, 5) is 0. The van der Waals surface area contributed by atoms with Gasteiger partial charge in [-0.2, -0.15) is 0 Å². The van der Waals surface area contributed by atoms with Crippen molar-refractivity contribution in [3.05, 3.63) is 24.3 Å². The van der Waals surface area contributed by atoms with Gasteiger partial charge in [0, 0.05) is 0 Å². The molecular weight excluding hydrogens is 192 g/mol. The van der Waals surface area contributed by atoms with E-state index in [9.17, 15) is 0 Å². The Bertz CT molecular complexity index is 236. The second-order valence-electron chi connectivity index (χ2n) is 5.52. The largest absolute Gasteiger partial charge is 0.103 e. The topological polar surface area (TPSA) is 0 Å². The van der Waals surface area contributed by atoms with Gasteiger partial charge in [0.15, 0.2) is 0 Å². The Kier molecular flexibility index (Phi) is 5.87. The summed E-state index contributed by atoms with van der Waals surface area (Å²) >= 11 is 0. The van der Waals surface area contributed by atoms with Crippen molar-refractivity contribution in [1.82, 2.24) is 0 Å². The van der Waals surface area contributed by atoms with Gasteiger partial charge in [0.25, 0.3) is 0 Å². The minimum atomic E-state index is 0.758. The second kappa shape index (κ2) is 6.93. The smallest absolute Gasteiger partial charge is 0.0178 e. The standard InChI is InChI=1S/C16H28/c1-5-8-13(3)11-12-14(4)16-10-7-9-15(16)6-2/h5,12-13,15-16H,1,6-11H2,2-4H3. The molecule has 0 heterocycles. The van der Waals surface area contributed by atoms with Crippen LogP contribution in [-0.4, -0.2) is 0 Å². The predicted octanol–water partition coefficient (Wildman–Crippen LogP) is 5.36. The highest BCUT2D eigenvalue weighted by Gasteiger charge is 2.26. The fraction of sp³-hybridized carbons (Fsp3) is 0.750. The van der Waals surface area contributed by atoms with Gasteiger partial charge in [0.05, 0.1) is 0 Å². The lowest BCUT2D eigenvalue weighted by atomic mass is 9.86. The number of allylic oxidation sites excluding steroid dienone is 3. The van der Waals surface area contributed by atoms with Crippen molar-refractivity contribution in [2.45, 2.75) is 59.3 Å². The van der Waals surface area contributed by atoms with E-state index in [1.54, 1.807) is 5.57 Å². The van der Waals surface area contributed by atoms with Crippen molar-refractivity contribution in [3.63, 3.8) is 0 Å². The van der Waals surface area contributed by atoms with E-state index in [-0.39, 0.29) is 0 Å². The Balaban J connectivity index is 2.45. The Morgan fingerprint density at radius 2 is 2.12 bits per heavy atom. The highest BCUT2D eigenvalue weighted by molar-refractivity contribution is 5.07. The molecule has 0 aromatic carbocycles. The van der Waals surface area contributed by atoms with Gasteiger partial charge in [-0.1, -0.05) is 44.4 Å². The molecule has 16 heavy (non-hydrogen) atoms. The molecule has 92 valence electrons. The molecule has 1 saturated carbocycles. The second-order valence-corrected chi connectivity index (χ2v) is 5.52. The third-order valence-electron chi connectivity index (χ3n) is 4.18. The average Bonchev–Trinajstić information content (AvgIpc) is 2.74. The first-order valence-electron chi connectivity index (χ1n) is 6.96. The predicted molar refractivity (Wildman–Crippen MR) is 73.5 cm³/mol. The summed E-state index contributed by atoms with van der Waals surface area (Å²) in [6.07, 6.45) is 12.6. The van der Waals surface area contributed by atoms with Crippen LogP contribution in [0.15, 0.2) is 24.3 Å². The molecule has 1 aliphatic carbocycles. The van der Waals surface area contributed by atoms with Crippen molar-refractivity contribution < 1.29 is 0 Å². The Hall–Kier alpha value is -0.520. The molecule has 1 aliphatic rings. The molecular formula is C16H28. The normalized spacial score (nSPS) is 28.1. The molecule has 0 nitrogen and oxygen atoms in total. The summed E-state index contributed by atoms with van der Waals surface area (Å²) in [6.45, 7) is 10.8. The molecule has 0 saturated heterocycles. The first-order valence-corrected chi connectivity index (χ1v) is 6.96. The van der Waals surface area contributed by atoms with E-state index in [1.807, 2.05) is 6.08 Å². The Labute approximate surface area is 102 Å². The van der Waals surface area contributed by atoms with Gasteiger partial charge in [0.2, 0.25) is 0 Å². The minimum absolute atomic E-state index is 0.758. The van der Waals surface area contributed by atoms with E-state index in [0.717, 1.165) is 24.2 Å². The SMILES string of the molecule is C=CCC(C)CC=C(C)C1CCCC1CC. The number of rotatable bonds is 6. The van der Waals surface area contributed by atoms with E-state index in [2.05, 4.69) is 33.4 Å². The molecule has 0 radical (unpaired) electrons. The lowest BCUT2D eigenvalue weighted by Crippen LogP contribution is -2.08. The van der Waals surface area contributed by atoms with Gasteiger partial charge < -0.3 is 0 Å². The van der Waals surface area contributed by atoms with Crippen LogP contribution in [0.3, 0.4) is 0 Å². The van der Waals surface area contributed by atoms with Crippen LogP contribution < -0.4 is 0 Å². The molecule has 0 spiro atoms. The number of hydrogen-bond donors (Lipinski definition) is 0. The Morgan fingerprint density at radius 3 is 2.75 bits per heavy atom. The molecule has 1 rings (SSSR count). The van der Waals surface area contributed by atoms with Gasteiger partial charge in [0.1, 0.15) is 0 Å². The van der Waals surface area contributed by atoms with Crippen LogP contribution in [0.2, 0.25) is 0 Å². The van der Waals surface area contributed by atoms with Crippen LogP contribution in [0.1, 0.15) is 59.3 Å². The average molecular weight is 220 g/mol. The Morgan fingerprint density at radius 1 is 1.38 bits per heavy atom. The highest BCUT2D eigenvalue weighted by Crippen LogP contribution is 2.38. The van der Waals surface area contributed by atoms with E-state index in [4.69, 9.17) is 0 Å². The first-order chi connectivity index (χ1) is 7.69. The van der Waals surface area contributed by atoms with Crippen LogP contribution in [0.25, 0.3) is 0 Å². The van der Waals surface area contributed by atoms with Crippen LogP contribution >= 0.6 is 0 Å². The zero-order valence-electron chi connectivity index (χ0n) is 11.3. The quantitative estimate of drug-likeness (QED) is 0.528. The van der Waals surface area contributed by atoms with E-state index in [1.165, 1.54) is 32.1 Å². The molecule has 1 fully saturated rings. The van der Waals surface area contributed by atoms with Gasteiger partial charge in [-0.05, 0) is 50.4 Å². The molecule has 0 bridgehead atoms. The van der Waals surface area contributed by atoms with Crippen LogP contribution in [0.5, 0.6) is 0 Å². The van der Waals surface area contributed by atoms with Gasteiger partial charge >= 0.3 is 0 Å². The third-order valence-corrected chi connectivity index (χ3v) is 4.18. The molecule has 3 atom stereocenters. The summed E-state index contributed by atoms with van der Waals surface area (Å²) in [6, 6.07) is 0. The molecule has 0 amide bonds. The highest BCUT2D eigenvalue weighted by atomic mass is 14.3. The minimum Gasteiger partial charge on any atom is -0.103 e. The summed E-state index contributed by atoms with van der Waals surface area (Å²) in [5.41, 5.74) is 1.65. The lowest BCUT2D eigenvalue weighted by Gasteiger charge is -2.19. The van der Waals surface area contributed by atoms with Crippen LogP contribution in [0.4, 0.5) is 0 Å². The molecule has 0 aliphatic heterocycles. The van der Waals surface area contributed by atoms with Crippen molar-refractivity contribution in [1.29, 1.82) is 0 Å². The molecule has 3 unspecified atom stereocenters. The van der Waals surface area contributed by atoms with Crippen molar-refractivity contribution in [2.75, 3.05) is 0 Å². The molecule has 0 aromatic rings. The van der Waals surface area contributed by atoms with Crippen molar-refractivity contribution in [3.8, 4) is 0 Å². The molecule has 0 heteroatoms. The van der Waals surface area contributed by atoms with E-state index < -0.39 is 0 Å². The zero-order chi connectivity index (χ0) is 12.0. The fourth-order valence-corrected chi connectivity index (χ4v) is 3.04. The number of hydrogen-bond acceptors (Lipinski definition) is 0. The fourth-order valence-electron chi connectivity index (χ4n) is 3.04. The van der Waals surface area contributed by atoms with Crippen molar-refractivity contribution >= 4 is 0 Å². The maximum Gasteiger partial charge on any atom is -0.0178 e.